The molecule has 1 heterocycles. The van der Waals surface area contributed by atoms with Gasteiger partial charge in [0.2, 0.25) is 5.79 Å². The molecule has 5 aliphatic rings. The van der Waals surface area contributed by atoms with Gasteiger partial charge in [-0.05, 0) is 36.7 Å². The second-order valence-electron chi connectivity index (χ2n) is 9.47. The molecule has 0 aromatic rings. The highest BCUT2D eigenvalue weighted by molar-refractivity contribution is 9.11. The Kier molecular flexibility index (Phi) is 4.59. The second-order valence-corrected chi connectivity index (χ2v) is 15.0. The van der Waals surface area contributed by atoms with Gasteiger partial charge in [0.25, 0.3) is 0 Å². The zero-order valence-corrected chi connectivity index (χ0v) is 20.7. The predicted molar refractivity (Wildman–Crippen MR) is 116 cm³/mol. The average molecular weight is 469 g/mol. The van der Waals surface area contributed by atoms with Crippen LogP contribution in [-0.4, -0.2) is 39.7 Å². The van der Waals surface area contributed by atoms with Gasteiger partial charge in [0.1, 0.15) is 6.10 Å². The van der Waals surface area contributed by atoms with Crippen LogP contribution in [-0.2, 0) is 18.7 Å². The zero-order chi connectivity index (χ0) is 20.8. The maximum atomic E-state index is 13.0. The molecule has 4 aliphatic carbocycles. The number of allylic oxidation sites excluding steroid dienone is 1. The molecule has 0 unspecified atom stereocenters. The number of carbonyl (C=O) groups excluding carboxylic acids is 1. The van der Waals surface area contributed by atoms with E-state index in [-0.39, 0.29) is 23.2 Å². The maximum Gasteiger partial charge on any atom is 0.205 e. The first-order chi connectivity index (χ1) is 13.1. The fraction of sp³-hybridized carbons (Fsp3) is 0.773. The van der Waals surface area contributed by atoms with Gasteiger partial charge >= 0.3 is 0 Å². The van der Waals surface area contributed by atoms with E-state index < -0.39 is 24.9 Å². The van der Waals surface area contributed by atoms with Crippen LogP contribution in [0, 0.1) is 22.2 Å². The molecule has 6 heteroatoms. The molecule has 4 nitrogen and oxygen atoms in total. The van der Waals surface area contributed by atoms with Crippen molar-refractivity contribution in [2.45, 2.75) is 71.6 Å². The first kappa shape index (κ1) is 21.0. The van der Waals surface area contributed by atoms with Gasteiger partial charge in [0.05, 0.1) is 17.4 Å². The first-order valence-corrected chi connectivity index (χ1v) is 13.9. The molecule has 28 heavy (non-hydrogen) atoms. The summed E-state index contributed by atoms with van der Waals surface area (Å²) in [5.41, 5.74) is -0.0601. The molecular formula is C22H33BrO4Si. The normalized spacial score (nSPS) is 46.6. The number of hydrogen-bond donors (Lipinski definition) is 0. The number of ketones is 1. The van der Waals surface area contributed by atoms with Crippen LogP contribution in [0.15, 0.2) is 22.2 Å². The molecule has 0 aromatic carbocycles. The van der Waals surface area contributed by atoms with Gasteiger partial charge in [-0.25, -0.2) is 0 Å². The van der Waals surface area contributed by atoms with Gasteiger partial charge in [-0.2, -0.15) is 0 Å². The number of hydrogen-bond acceptors (Lipinski definition) is 4. The standard InChI is InChI=1S/C22H33BrO4Si/c1-8-28(9-2,10-3)27-18-21-12-17(23)20(6)19(5,13-26-22(18,20)25-7)16(21)11-15(24)14(21)4/h11-12,14,18H,8-10,13H2,1-7H3/t14-,18-,19+,20-,21-,22-/m0/s1. The Labute approximate surface area is 178 Å². The maximum absolute atomic E-state index is 13.0. The van der Waals surface area contributed by atoms with E-state index in [1.54, 1.807) is 7.11 Å². The SMILES string of the molecule is CC[Si](CC)(CC)O[C@H]1[C@]23C=C(Br)[C@]4(C)[C@@]1(OC)OC[C@]4(C)C2=CC(=O)[C@@H]3C. The minimum absolute atomic E-state index is 0.183. The molecule has 4 bridgehead atoms. The van der Waals surface area contributed by atoms with E-state index in [2.05, 4.69) is 56.6 Å². The zero-order valence-electron chi connectivity index (χ0n) is 18.1. The van der Waals surface area contributed by atoms with Crippen LogP contribution < -0.4 is 0 Å². The minimum atomic E-state index is -1.98. The molecule has 0 radical (unpaired) electrons. The minimum Gasteiger partial charge on any atom is -0.407 e. The molecule has 1 saturated carbocycles. The summed E-state index contributed by atoms with van der Waals surface area (Å²) in [6.07, 6.45) is 3.86. The van der Waals surface area contributed by atoms with Crippen molar-refractivity contribution < 1.29 is 18.7 Å². The summed E-state index contributed by atoms with van der Waals surface area (Å²) < 4.78 is 21.1. The third-order valence-corrected chi connectivity index (χ3v) is 14.7. The summed E-state index contributed by atoms with van der Waals surface area (Å²) >= 11 is 3.89. The van der Waals surface area contributed by atoms with Crippen LogP contribution in [0.2, 0.25) is 18.1 Å². The molecule has 1 saturated heterocycles. The summed E-state index contributed by atoms with van der Waals surface area (Å²) in [4.78, 5) is 13.0. The van der Waals surface area contributed by atoms with Crippen molar-refractivity contribution in [1.82, 2.24) is 0 Å². The topological polar surface area (TPSA) is 44.8 Å². The third kappa shape index (κ3) is 1.91. The number of halogens is 1. The van der Waals surface area contributed by atoms with Crippen molar-refractivity contribution in [3.05, 3.63) is 22.2 Å². The summed E-state index contributed by atoms with van der Waals surface area (Å²) in [6.45, 7) is 13.7. The van der Waals surface area contributed by atoms with E-state index in [1.165, 1.54) is 5.57 Å². The summed E-state index contributed by atoms with van der Waals surface area (Å²) in [5.74, 6) is -0.887. The number of ether oxygens (including phenoxy) is 2. The van der Waals surface area contributed by atoms with Crippen LogP contribution in [0.1, 0.15) is 41.5 Å². The highest BCUT2D eigenvalue weighted by Crippen LogP contribution is 2.79. The van der Waals surface area contributed by atoms with Crippen molar-refractivity contribution in [3.8, 4) is 0 Å². The third-order valence-electron chi connectivity index (χ3n) is 9.09. The van der Waals surface area contributed by atoms with Crippen molar-refractivity contribution in [2.24, 2.45) is 22.2 Å². The van der Waals surface area contributed by atoms with Gasteiger partial charge < -0.3 is 13.9 Å². The Morgan fingerprint density at radius 2 is 1.86 bits per heavy atom. The monoisotopic (exact) mass is 468 g/mol. The Morgan fingerprint density at radius 3 is 2.39 bits per heavy atom. The fourth-order valence-electron chi connectivity index (χ4n) is 6.65. The van der Waals surface area contributed by atoms with Gasteiger partial charge in [-0.1, -0.05) is 56.6 Å². The Bertz CT molecular complexity index is 781. The van der Waals surface area contributed by atoms with E-state index in [9.17, 15) is 4.79 Å². The van der Waals surface area contributed by atoms with Gasteiger partial charge in [0.15, 0.2) is 14.1 Å². The number of methoxy groups -OCH3 is 1. The van der Waals surface area contributed by atoms with Gasteiger partial charge in [-0.3, -0.25) is 4.79 Å². The van der Waals surface area contributed by atoms with Crippen LogP contribution in [0.3, 0.4) is 0 Å². The highest BCUT2D eigenvalue weighted by Gasteiger charge is 2.84. The van der Waals surface area contributed by atoms with E-state index in [1.807, 2.05) is 13.0 Å². The van der Waals surface area contributed by atoms with Crippen molar-refractivity contribution in [1.29, 1.82) is 0 Å². The van der Waals surface area contributed by atoms with Crippen molar-refractivity contribution in [2.75, 3.05) is 13.7 Å². The van der Waals surface area contributed by atoms with E-state index in [4.69, 9.17) is 13.9 Å². The summed E-state index contributed by atoms with van der Waals surface area (Å²) in [6, 6.07) is 3.14. The largest absolute Gasteiger partial charge is 0.407 e. The molecule has 156 valence electrons. The van der Waals surface area contributed by atoms with Crippen LogP contribution >= 0.6 is 15.9 Å². The number of rotatable bonds is 6. The average Bonchev–Trinajstić information content (AvgIpc) is 3.07. The number of carbonyl (C=O) groups is 1. The van der Waals surface area contributed by atoms with Gasteiger partial charge in [0, 0.05) is 22.9 Å². The molecule has 5 rings (SSSR count). The van der Waals surface area contributed by atoms with Crippen LogP contribution in [0.25, 0.3) is 0 Å². The molecule has 1 aliphatic heterocycles. The van der Waals surface area contributed by atoms with E-state index >= 15 is 0 Å². The lowest BCUT2D eigenvalue weighted by Crippen LogP contribution is -2.74. The van der Waals surface area contributed by atoms with Crippen LogP contribution in [0.4, 0.5) is 0 Å². The highest BCUT2D eigenvalue weighted by atomic mass is 79.9. The van der Waals surface area contributed by atoms with E-state index in [0.29, 0.717) is 6.61 Å². The van der Waals surface area contributed by atoms with Crippen LogP contribution in [0.5, 0.6) is 0 Å². The Morgan fingerprint density at radius 1 is 1.25 bits per heavy atom. The van der Waals surface area contributed by atoms with Crippen molar-refractivity contribution in [3.63, 3.8) is 0 Å². The smallest absolute Gasteiger partial charge is 0.205 e. The lowest BCUT2D eigenvalue weighted by molar-refractivity contribution is -0.310. The summed E-state index contributed by atoms with van der Waals surface area (Å²) in [7, 11) is -0.245. The molecular weight excluding hydrogens is 436 g/mol. The first-order valence-electron chi connectivity index (χ1n) is 10.6. The quantitative estimate of drug-likeness (QED) is 0.502. The molecule has 6 atom stereocenters. The molecule has 0 aromatic heterocycles. The predicted octanol–water partition coefficient (Wildman–Crippen LogP) is 5.20. The Hall–Kier alpha value is -0.273. The van der Waals surface area contributed by atoms with E-state index in [0.717, 1.165) is 22.6 Å². The van der Waals surface area contributed by atoms with Crippen molar-refractivity contribution >= 4 is 30.0 Å². The lowest BCUT2D eigenvalue weighted by atomic mass is 9.42. The Balaban J connectivity index is 2.02. The second kappa shape index (κ2) is 6.13. The fourth-order valence-corrected chi connectivity index (χ4v) is 10.6. The molecule has 0 amide bonds. The molecule has 0 N–H and O–H groups in total. The molecule has 2 fully saturated rings. The molecule has 1 spiro atoms. The summed E-state index contributed by atoms with van der Waals surface area (Å²) in [5, 5.41) is 0. The lowest BCUT2D eigenvalue weighted by Gasteiger charge is -2.66. The van der Waals surface area contributed by atoms with Gasteiger partial charge in [-0.15, -0.1) is 0 Å².